The van der Waals surface area contributed by atoms with Gasteiger partial charge in [0.25, 0.3) is 0 Å². The van der Waals surface area contributed by atoms with Crippen LogP contribution >= 0.6 is 0 Å². The van der Waals surface area contributed by atoms with Crippen LogP contribution in [-0.4, -0.2) is 17.5 Å². The Kier molecular flexibility index (Phi) is 3.92. The molecule has 0 heterocycles. The van der Waals surface area contributed by atoms with E-state index in [4.69, 9.17) is 5.73 Å². The van der Waals surface area contributed by atoms with Crippen molar-refractivity contribution in [1.82, 2.24) is 4.90 Å². The standard InChI is InChI=1S/C13H21FN2/c1-5-13(2,3)16(4)9-10-6-7-12(15)11(14)8-10/h6-8H,5,9,15H2,1-4H3. The maximum atomic E-state index is 13.3. The molecule has 2 nitrogen and oxygen atoms in total. The summed E-state index contributed by atoms with van der Waals surface area (Å²) >= 11 is 0. The van der Waals surface area contributed by atoms with Gasteiger partial charge in [-0.1, -0.05) is 13.0 Å². The molecule has 0 saturated heterocycles. The number of rotatable bonds is 4. The lowest BCUT2D eigenvalue weighted by molar-refractivity contribution is 0.143. The number of hydrogen-bond acceptors (Lipinski definition) is 2. The molecule has 0 aliphatic heterocycles. The first-order valence-corrected chi connectivity index (χ1v) is 5.62. The topological polar surface area (TPSA) is 29.3 Å². The minimum atomic E-state index is -0.333. The van der Waals surface area contributed by atoms with E-state index >= 15 is 0 Å². The van der Waals surface area contributed by atoms with Crippen molar-refractivity contribution >= 4 is 5.69 Å². The van der Waals surface area contributed by atoms with Crippen molar-refractivity contribution in [3.05, 3.63) is 29.6 Å². The van der Waals surface area contributed by atoms with Gasteiger partial charge in [0.15, 0.2) is 0 Å². The highest BCUT2D eigenvalue weighted by molar-refractivity contribution is 5.41. The average molecular weight is 224 g/mol. The lowest BCUT2D eigenvalue weighted by Crippen LogP contribution is -2.39. The summed E-state index contributed by atoms with van der Waals surface area (Å²) in [4.78, 5) is 2.22. The molecular formula is C13H21FN2. The van der Waals surface area contributed by atoms with Gasteiger partial charge in [-0.05, 0) is 45.0 Å². The number of halogens is 1. The Morgan fingerprint density at radius 3 is 2.50 bits per heavy atom. The molecule has 0 spiro atoms. The number of nitrogens with zero attached hydrogens (tertiary/aromatic N) is 1. The van der Waals surface area contributed by atoms with Gasteiger partial charge in [0.05, 0.1) is 5.69 Å². The lowest BCUT2D eigenvalue weighted by Gasteiger charge is -2.34. The van der Waals surface area contributed by atoms with Crippen molar-refractivity contribution in [2.45, 2.75) is 39.3 Å². The Morgan fingerprint density at radius 2 is 2.00 bits per heavy atom. The second-order valence-corrected chi connectivity index (χ2v) is 4.88. The molecule has 0 aliphatic rings. The Hall–Kier alpha value is -1.09. The molecular weight excluding hydrogens is 203 g/mol. The largest absolute Gasteiger partial charge is 0.396 e. The second kappa shape index (κ2) is 4.83. The first kappa shape index (κ1) is 13.0. The predicted octanol–water partition coefficient (Wildman–Crippen LogP) is 3.03. The summed E-state index contributed by atoms with van der Waals surface area (Å²) in [5.41, 5.74) is 6.73. The van der Waals surface area contributed by atoms with E-state index in [1.165, 1.54) is 6.07 Å². The van der Waals surface area contributed by atoms with E-state index in [1.54, 1.807) is 6.07 Å². The normalized spacial score (nSPS) is 12.1. The molecule has 1 aromatic carbocycles. The predicted molar refractivity (Wildman–Crippen MR) is 66.6 cm³/mol. The molecule has 0 saturated carbocycles. The van der Waals surface area contributed by atoms with Crippen LogP contribution in [0.5, 0.6) is 0 Å². The third-order valence-corrected chi connectivity index (χ3v) is 3.38. The Bertz CT molecular complexity index is 361. The fraction of sp³-hybridized carbons (Fsp3) is 0.538. The molecule has 0 aliphatic carbocycles. The number of benzene rings is 1. The van der Waals surface area contributed by atoms with E-state index < -0.39 is 0 Å². The van der Waals surface area contributed by atoms with Gasteiger partial charge in [0.1, 0.15) is 5.82 Å². The first-order chi connectivity index (χ1) is 7.36. The number of nitrogens with two attached hydrogens (primary N) is 1. The molecule has 3 heteroatoms. The van der Waals surface area contributed by atoms with E-state index in [9.17, 15) is 4.39 Å². The van der Waals surface area contributed by atoms with Gasteiger partial charge in [-0.15, -0.1) is 0 Å². The minimum absolute atomic E-state index is 0.123. The Labute approximate surface area is 97.3 Å². The molecule has 16 heavy (non-hydrogen) atoms. The van der Waals surface area contributed by atoms with Gasteiger partial charge in [0, 0.05) is 12.1 Å². The van der Waals surface area contributed by atoms with Crippen molar-refractivity contribution in [2.24, 2.45) is 0 Å². The molecule has 1 aromatic rings. The maximum absolute atomic E-state index is 13.3. The van der Waals surface area contributed by atoms with Crippen LogP contribution in [0.2, 0.25) is 0 Å². The summed E-state index contributed by atoms with van der Waals surface area (Å²) in [6.07, 6.45) is 1.06. The molecule has 0 fully saturated rings. The summed E-state index contributed by atoms with van der Waals surface area (Å²) < 4.78 is 13.3. The zero-order chi connectivity index (χ0) is 12.3. The number of anilines is 1. The van der Waals surface area contributed by atoms with Crippen LogP contribution in [0.25, 0.3) is 0 Å². The zero-order valence-corrected chi connectivity index (χ0v) is 10.5. The maximum Gasteiger partial charge on any atom is 0.146 e. The van der Waals surface area contributed by atoms with E-state index in [2.05, 4.69) is 32.7 Å². The monoisotopic (exact) mass is 224 g/mol. The fourth-order valence-electron chi connectivity index (χ4n) is 1.43. The average Bonchev–Trinajstić information content (AvgIpc) is 2.23. The summed E-state index contributed by atoms with van der Waals surface area (Å²) in [7, 11) is 2.05. The van der Waals surface area contributed by atoms with Crippen LogP contribution in [0.4, 0.5) is 10.1 Å². The van der Waals surface area contributed by atoms with Crippen LogP contribution in [-0.2, 0) is 6.54 Å². The first-order valence-electron chi connectivity index (χ1n) is 5.62. The number of nitrogen functional groups attached to an aromatic ring is 1. The quantitative estimate of drug-likeness (QED) is 0.796. The van der Waals surface area contributed by atoms with Gasteiger partial charge >= 0.3 is 0 Å². The fourth-order valence-corrected chi connectivity index (χ4v) is 1.43. The molecule has 0 unspecified atom stereocenters. The van der Waals surface area contributed by atoms with Crippen molar-refractivity contribution < 1.29 is 4.39 Å². The van der Waals surface area contributed by atoms with Crippen LogP contribution < -0.4 is 5.73 Å². The van der Waals surface area contributed by atoms with E-state index in [-0.39, 0.29) is 17.0 Å². The van der Waals surface area contributed by atoms with E-state index in [1.807, 2.05) is 6.07 Å². The third kappa shape index (κ3) is 2.95. The van der Waals surface area contributed by atoms with Gasteiger partial charge in [-0.25, -0.2) is 4.39 Å². The van der Waals surface area contributed by atoms with E-state index in [0.717, 1.165) is 18.5 Å². The van der Waals surface area contributed by atoms with Crippen molar-refractivity contribution in [1.29, 1.82) is 0 Å². The molecule has 90 valence electrons. The van der Waals surface area contributed by atoms with Gasteiger partial charge in [0.2, 0.25) is 0 Å². The van der Waals surface area contributed by atoms with Gasteiger partial charge in [-0.3, -0.25) is 4.90 Å². The molecule has 0 amide bonds. The Morgan fingerprint density at radius 1 is 1.38 bits per heavy atom. The highest BCUT2D eigenvalue weighted by Gasteiger charge is 2.21. The summed E-state index contributed by atoms with van der Waals surface area (Å²) in [6, 6.07) is 5.01. The SMILES string of the molecule is CCC(C)(C)N(C)Cc1ccc(N)c(F)c1. The van der Waals surface area contributed by atoms with Crippen LogP contribution in [0, 0.1) is 5.82 Å². The summed E-state index contributed by atoms with van der Waals surface area (Å²) in [5, 5.41) is 0. The van der Waals surface area contributed by atoms with E-state index in [0.29, 0.717) is 0 Å². The van der Waals surface area contributed by atoms with Gasteiger partial charge in [-0.2, -0.15) is 0 Å². The Balaban J connectivity index is 2.77. The van der Waals surface area contributed by atoms with Crippen molar-refractivity contribution in [2.75, 3.05) is 12.8 Å². The van der Waals surface area contributed by atoms with Crippen molar-refractivity contribution in [3.8, 4) is 0 Å². The van der Waals surface area contributed by atoms with Crippen LogP contribution in [0.1, 0.15) is 32.8 Å². The third-order valence-electron chi connectivity index (χ3n) is 3.38. The summed E-state index contributed by atoms with van der Waals surface area (Å²) in [6.45, 7) is 7.25. The highest BCUT2D eigenvalue weighted by atomic mass is 19.1. The minimum Gasteiger partial charge on any atom is -0.396 e. The molecule has 0 aromatic heterocycles. The molecule has 0 bridgehead atoms. The lowest BCUT2D eigenvalue weighted by atomic mass is 9.99. The summed E-state index contributed by atoms with van der Waals surface area (Å²) in [5.74, 6) is -0.333. The highest BCUT2D eigenvalue weighted by Crippen LogP contribution is 2.20. The molecule has 0 radical (unpaired) electrons. The van der Waals surface area contributed by atoms with Crippen LogP contribution in [0.3, 0.4) is 0 Å². The molecule has 1 rings (SSSR count). The molecule has 0 atom stereocenters. The zero-order valence-electron chi connectivity index (χ0n) is 10.5. The van der Waals surface area contributed by atoms with Crippen LogP contribution in [0.15, 0.2) is 18.2 Å². The number of hydrogen-bond donors (Lipinski definition) is 1. The van der Waals surface area contributed by atoms with Crippen molar-refractivity contribution in [3.63, 3.8) is 0 Å². The smallest absolute Gasteiger partial charge is 0.146 e. The van der Waals surface area contributed by atoms with Gasteiger partial charge < -0.3 is 5.73 Å². The second-order valence-electron chi connectivity index (χ2n) is 4.88. The molecule has 2 N–H and O–H groups in total.